The molecule has 0 saturated heterocycles. The van der Waals surface area contributed by atoms with Gasteiger partial charge in [0.2, 0.25) is 5.89 Å². The third-order valence-electron chi connectivity index (χ3n) is 2.80. The van der Waals surface area contributed by atoms with E-state index < -0.39 is 0 Å². The second-order valence-electron chi connectivity index (χ2n) is 4.04. The minimum Gasteiger partial charge on any atom is -0.392 e. The normalized spacial score (nSPS) is 26.0. The molecule has 5 heteroatoms. The Hall–Kier alpha value is -0.940. The van der Waals surface area contributed by atoms with Crippen LogP contribution in [0.2, 0.25) is 0 Å². The van der Waals surface area contributed by atoms with Crippen LogP contribution in [0.3, 0.4) is 0 Å². The molecule has 2 N–H and O–H groups in total. The summed E-state index contributed by atoms with van der Waals surface area (Å²) in [6.07, 6.45) is 3.66. The Kier molecular flexibility index (Phi) is 3.33. The molecule has 1 saturated carbocycles. The van der Waals surface area contributed by atoms with E-state index in [0.29, 0.717) is 5.89 Å². The van der Waals surface area contributed by atoms with Crippen LogP contribution in [0.25, 0.3) is 0 Å². The number of aliphatic hydroxyl groups excluding tert-OH is 1. The van der Waals surface area contributed by atoms with Crippen LogP contribution >= 0.6 is 0 Å². The second-order valence-corrected chi connectivity index (χ2v) is 4.04. The van der Waals surface area contributed by atoms with Gasteiger partial charge in [-0.3, -0.25) is 0 Å². The molecule has 0 aromatic carbocycles. The average Bonchev–Trinajstić information content (AvgIpc) is 2.77. The molecule has 2 atom stereocenters. The number of nitrogens with zero attached hydrogens (tertiary/aromatic N) is 2. The highest BCUT2D eigenvalue weighted by Gasteiger charge is 2.24. The van der Waals surface area contributed by atoms with Gasteiger partial charge in [-0.15, -0.1) is 0 Å². The molecule has 1 heterocycles. The van der Waals surface area contributed by atoms with E-state index in [1.54, 1.807) is 6.92 Å². The molecule has 0 bridgehead atoms. The first kappa shape index (κ1) is 10.6. The Morgan fingerprint density at radius 3 is 3.00 bits per heavy atom. The maximum absolute atomic E-state index is 9.58. The number of aryl methyl sites for hydroxylation is 1. The molecule has 0 spiro atoms. The van der Waals surface area contributed by atoms with Crippen LogP contribution in [0.1, 0.15) is 31.0 Å². The number of nitrogens with one attached hydrogen (secondary N) is 1. The van der Waals surface area contributed by atoms with Crippen LogP contribution < -0.4 is 5.32 Å². The Labute approximate surface area is 88.9 Å². The van der Waals surface area contributed by atoms with E-state index >= 15 is 0 Å². The minimum atomic E-state index is -0.183. The van der Waals surface area contributed by atoms with Crippen molar-refractivity contribution in [1.82, 2.24) is 15.5 Å². The predicted octanol–water partition coefficient (Wildman–Crippen LogP) is 0.424. The van der Waals surface area contributed by atoms with Gasteiger partial charge in [0.05, 0.1) is 6.10 Å². The average molecular weight is 211 g/mol. The fourth-order valence-electron chi connectivity index (χ4n) is 1.99. The molecule has 0 radical (unpaired) electrons. The molecular formula is C10H17N3O2. The zero-order chi connectivity index (χ0) is 10.7. The third-order valence-corrected chi connectivity index (χ3v) is 2.80. The first-order valence-electron chi connectivity index (χ1n) is 5.46. The van der Waals surface area contributed by atoms with E-state index in [9.17, 15) is 5.11 Å². The topological polar surface area (TPSA) is 71.2 Å². The fraction of sp³-hybridized carbons (Fsp3) is 0.800. The van der Waals surface area contributed by atoms with E-state index in [2.05, 4.69) is 15.5 Å². The highest BCUT2D eigenvalue weighted by atomic mass is 16.5. The molecule has 1 fully saturated rings. The van der Waals surface area contributed by atoms with E-state index in [4.69, 9.17) is 4.52 Å². The molecule has 1 aromatic rings. The summed E-state index contributed by atoms with van der Waals surface area (Å²) in [5.41, 5.74) is 0. The Balaban J connectivity index is 1.70. The molecule has 0 aliphatic heterocycles. The molecule has 2 unspecified atom stereocenters. The van der Waals surface area contributed by atoms with E-state index in [1.807, 2.05) is 0 Å². The fourth-order valence-corrected chi connectivity index (χ4v) is 1.99. The van der Waals surface area contributed by atoms with Crippen LogP contribution in [0.5, 0.6) is 0 Å². The van der Waals surface area contributed by atoms with Crippen LogP contribution in [0.4, 0.5) is 0 Å². The lowest BCUT2D eigenvalue weighted by Gasteiger charge is -2.15. The summed E-state index contributed by atoms with van der Waals surface area (Å²) in [6.45, 7) is 2.57. The van der Waals surface area contributed by atoms with E-state index in [-0.39, 0.29) is 12.1 Å². The van der Waals surface area contributed by atoms with Gasteiger partial charge >= 0.3 is 0 Å². The van der Waals surface area contributed by atoms with Crippen molar-refractivity contribution in [2.45, 2.75) is 44.8 Å². The second kappa shape index (κ2) is 4.72. The molecule has 1 aliphatic carbocycles. The molecule has 15 heavy (non-hydrogen) atoms. The summed E-state index contributed by atoms with van der Waals surface area (Å²) < 4.78 is 4.87. The van der Waals surface area contributed by atoms with Gasteiger partial charge in [0.15, 0.2) is 5.82 Å². The maximum atomic E-state index is 9.58. The lowest BCUT2D eigenvalue weighted by molar-refractivity contribution is 0.149. The highest BCUT2D eigenvalue weighted by molar-refractivity contribution is 4.87. The van der Waals surface area contributed by atoms with Gasteiger partial charge in [-0.25, -0.2) is 0 Å². The molecule has 84 valence electrons. The van der Waals surface area contributed by atoms with Gasteiger partial charge in [-0.2, -0.15) is 4.98 Å². The zero-order valence-electron chi connectivity index (χ0n) is 8.94. The van der Waals surface area contributed by atoms with Gasteiger partial charge in [0.25, 0.3) is 0 Å². The Morgan fingerprint density at radius 2 is 2.40 bits per heavy atom. The standard InChI is InChI=1S/C10H17N3O2/c1-7-12-10(13-15-7)5-6-11-8-3-2-4-9(8)14/h8-9,11,14H,2-6H2,1H3. The summed E-state index contributed by atoms with van der Waals surface area (Å²) in [6, 6.07) is 0.248. The summed E-state index contributed by atoms with van der Waals surface area (Å²) in [7, 11) is 0. The monoisotopic (exact) mass is 211 g/mol. The van der Waals surface area contributed by atoms with Crippen molar-refractivity contribution in [2.75, 3.05) is 6.54 Å². The van der Waals surface area contributed by atoms with Gasteiger partial charge in [-0.1, -0.05) is 5.16 Å². The van der Waals surface area contributed by atoms with Gasteiger partial charge < -0.3 is 14.9 Å². The highest BCUT2D eigenvalue weighted by Crippen LogP contribution is 2.18. The third kappa shape index (κ3) is 2.76. The Bertz CT molecular complexity index is 313. The molecule has 2 rings (SSSR count). The van der Waals surface area contributed by atoms with Crippen molar-refractivity contribution >= 4 is 0 Å². The first-order chi connectivity index (χ1) is 7.25. The lowest BCUT2D eigenvalue weighted by Crippen LogP contribution is -2.36. The van der Waals surface area contributed by atoms with Crippen LogP contribution in [-0.4, -0.2) is 33.9 Å². The quantitative estimate of drug-likeness (QED) is 0.755. The number of hydrogen-bond donors (Lipinski definition) is 2. The summed E-state index contributed by atoms with van der Waals surface area (Å²) in [5.74, 6) is 1.33. The maximum Gasteiger partial charge on any atom is 0.223 e. The first-order valence-corrected chi connectivity index (χ1v) is 5.46. The van der Waals surface area contributed by atoms with Crippen molar-refractivity contribution < 1.29 is 9.63 Å². The molecular weight excluding hydrogens is 194 g/mol. The van der Waals surface area contributed by atoms with Gasteiger partial charge in [0, 0.05) is 25.9 Å². The minimum absolute atomic E-state index is 0.183. The SMILES string of the molecule is Cc1nc(CCNC2CCCC2O)no1. The van der Waals surface area contributed by atoms with Crippen LogP contribution in [-0.2, 0) is 6.42 Å². The summed E-state index contributed by atoms with van der Waals surface area (Å²) in [5, 5.41) is 16.7. The summed E-state index contributed by atoms with van der Waals surface area (Å²) >= 11 is 0. The van der Waals surface area contributed by atoms with Crippen LogP contribution in [0, 0.1) is 6.92 Å². The molecule has 0 amide bonds. The van der Waals surface area contributed by atoms with Crippen molar-refractivity contribution in [3.8, 4) is 0 Å². The molecule has 5 nitrogen and oxygen atoms in total. The summed E-state index contributed by atoms with van der Waals surface area (Å²) in [4.78, 5) is 4.11. The number of aliphatic hydroxyl groups is 1. The molecule has 1 aliphatic rings. The van der Waals surface area contributed by atoms with Gasteiger partial charge in [0.1, 0.15) is 0 Å². The largest absolute Gasteiger partial charge is 0.392 e. The van der Waals surface area contributed by atoms with Crippen molar-refractivity contribution in [3.05, 3.63) is 11.7 Å². The number of hydrogen-bond acceptors (Lipinski definition) is 5. The van der Waals surface area contributed by atoms with Crippen molar-refractivity contribution in [3.63, 3.8) is 0 Å². The predicted molar refractivity (Wildman–Crippen MR) is 54.4 cm³/mol. The number of rotatable bonds is 4. The van der Waals surface area contributed by atoms with E-state index in [0.717, 1.165) is 38.1 Å². The zero-order valence-corrected chi connectivity index (χ0v) is 8.94. The van der Waals surface area contributed by atoms with E-state index in [1.165, 1.54) is 0 Å². The Morgan fingerprint density at radius 1 is 1.53 bits per heavy atom. The lowest BCUT2D eigenvalue weighted by atomic mass is 10.2. The van der Waals surface area contributed by atoms with Crippen molar-refractivity contribution in [1.29, 1.82) is 0 Å². The molecule has 1 aromatic heterocycles. The van der Waals surface area contributed by atoms with Gasteiger partial charge in [-0.05, 0) is 19.3 Å². The van der Waals surface area contributed by atoms with Crippen molar-refractivity contribution in [2.24, 2.45) is 0 Å². The number of aromatic nitrogens is 2. The smallest absolute Gasteiger partial charge is 0.223 e. The van der Waals surface area contributed by atoms with Crippen LogP contribution in [0.15, 0.2) is 4.52 Å².